The molecule has 0 aliphatic carbocycles. The number of hydrogen-bond donors (Lipinski definition) is 1. The quantitative estimate of drug-likeness (QED) is 0.791. The molecule has 0 bridgehead atoms. The third kappa shape index (κ3) is 3.77. The van der Waals surface area contributed by atoms with E-state index in [9.17, 15) is 4.79 Å². The first-order valence-corrected chi connectivity index (χ1v) is 5.81. The first-order chi connectivity index (χ1) is 7.52. The van der Waals surface area contributed by atoms with E-state index in [4.69, 9.17) is 0 Å². The fourth-order valence-corrected chi connectivity index (χ4v) is 1.60. The smallest absolute Gasteiger partial charge is 0.152 e. The molecule has 16 heavy (non-hydrogen) atoms. The van der Waals surface area contributed by atoms with Crippen LogP contribution >= 0.6 is 0 Å². The van der Waals surface area contributed by atoms with Crippen LogP contribution in [0.2, 0.25) is 0 Å². The maximum atomic E-state index is 11.7. The van der Waals surface area contributed by atoms with Gasteiger partial charge in [-0.25, -0.2) is 0 Å². The normalized spacial score (nSPS) is 11.1. The first-order valence-electron chi connectivity index (χ1n) is 5.81. The monoisotopic (exact) mass is 223 g/mol. The molecule has 0 aliphatic heterocycles. The molecular formula is C12H21N3O. The van der Waals surface area contributed by atoms with Crippen LogP contribution in [0.25, 0.3) is 0 Å². The predicted molar refractivity (Wildman–Crippen MR) is 64.5 cm³/mol. The van der Waals surface area contributed by atoms with Crippen molar-refractivity contribution in [3.63, 3.8) is 0 Å². The molecule has 0 spiro atoms. The molecule has 1 aromatic rings. The Morgan fingerprint density at radius 1 is 1.56 bits per heavy atom. The maximum Gasteiger partial charge on any atom is 0.152 e. The van der Waals surface area contributed by atoms with Gasteiger partial charge in [0.1, 0.15) is 0 Å². The van der Waals surface area contributed by atoms with Gasteiger partial charge in [-0.15, -0.1) is 0 Å². The second kappa shape index (κ2) is 5.80. The zero-order valence-corrected chi connectivity index (χ0v) is 10.6. The van der Waals surface area contributed by atoms with Crippen molar-refractivity contribution in [1.82, 2.24) is 15.1 Å². The SMILES string of the molecule is CCn1nc(C)cc1CC(=O)CNC(C)C. The minimum absolute atomic E-state index is 0.211. The summed E-state index contributed by atoms with van der Waals surface area (Å²) in [6, 6.07) is 2.33. The van der Waals surface area contributed by atoms with E-state index in [0.717, 1.165) is 17.9 Å². The number of rotatable bonds is 6. The van der Waals surface area contributed by atoms with Crippen LogP contribution < -0.4 is 5.32 Å². The second-order valence-electron chi connectivity index (χ2n) is 4.34. The van der Waals surface area contributed by atoms with Crippen molar-refractivity contribution >= 4 is 5.78 Å². The summed E-state index contributed by atoms with van der Waals surface area (Å²) in [4.78, 5) is 11.7. The summed E-state index contributed by atoms with van der Waals surface area (Å²) in [6.07, 6.45) is 0.467. The Balaban J connectivity index is 2.55. The highest BCUT2D eigenvalue weighted by Crippen LogP contribution is 2.05. The summed E-state index contributed by atoms with van der Waals surface area (Å²) in [5.74, 6) is 0.211. The number of Topliss-reactive ketones (excluding diaryl/α,β-unsaturated/α-hetero) is 1. The largest absolute Gasteiger partial charge is 0.308 e. The van der Waals surface area contributed by atoms with Gasteiger partial charge in [-0.2, -0.15) is 5.10 Å². The molecule has 0 atom stereocenters. The number of nitrogens with zero attached hydrogens (tertiary/aromatic N) is 2. The zero-order chi connectivity index (χ0) is 12.1. The number of aryl methyl sites for hydroxylation is 2. The lowest BCUT2D eigenvalue weighted by Gasteiger charge is -2.07. The van der Waals surface area contributed by atoms with E-state index in [-0.39, 0.29) is 5.78 Å². The molecule has 0 unspecified atom stereocenters. The third-order valence-electron chi connectivity index (χ3n) is 2.37. The lowest BCUT2D eigenvalue weighted by molar-refractivity contribution is -0.117. The molecule has 0 amide bonds. The van der Waals surface area contributed by atoms with Crippen LogP contribution in [0.15, 0.2) is 6.07 Å². The van der Waals surface area contributed by atoms with Gasteiger partial charge < -0.3 is 5.32 Å². The lowest BCUT2D eigenvalue weighted by Crippen LogP contribution is -2.30. The fourth-order valence-electron chi connectivity index (χ4n) is 1.60. The van der Waals surface area contributed by atoms with Crippen LogP contribution in [0.3, 0.4) is 0 Å². The lowest BCUT2D eigenvalue weighted by atomic mass is 10.2. The first kappa shape index (κ1) is 12.9. The summed E-state index contributed by atoms with van der Waals surface area (Å²) in [5.41, 5.74) is 1.98. The third-order valence-corrected chi connectivity index (χ3v) is 2.37. The number of carbonyl (C=O) groups excluding carboxylic acids is 1. The molecule has 0 saturated heterocycles. The molecule has 0 saturated carbocycles. The highest BCUT2D eigenvalue weighted by molar-refractivity contribution is 5.82. The topological polar surface area (TPSA) is 46.9 Å². The average molecular weight is 223 g/mol. The maximum absolute atomic E-state index is 11.7. The van der Waals surface area contributed by atoms with E-state index in [2.05, 4.69) is 10.4 Å². The predicted octanol–water partition coefficient (Wildman–Crippen LogP) is 1.32. The minimum atomic E-state index is 0.211. The molecule has 4 heteroatoms. The molecule has 1 N–H and O–H groups in total. The molecular weight excluding hydrogens is 202 g/mol. The van der Waals surface area contributed by atoms with E-state index >= 15 is 0 Å². The van der Waals surface area contributed by atoms with Gasteiger partial charge in [0.05, 0.1) is 12.2 Å². The van der Waals surface area contributed by atoms with Crippen LogP contribution in [0.1, 0.15) is 32.2 Å². The van der Waals surface area contributed by atoms with Gasteiger partial charge >= 0.3 is 0 Å². The summed E-state index contributed by atoms with van der Waals surface area (Å²) in [6.45, 7) is 9.31. The highest BCUT2D eigenvalue weighted by Gasteiger charge is 2.09. The minimum Gasteiger partial charge on any atom is -0.308 e. The number of nitrogens with one attached hydrogen (secondary N) is 1. The Kier molecular flexibility index (Phi) is 4.68. The molecule has 1 heterocycles. The van der Waals surface area contributed by atoms with E-state index < -0.39 is 0 Å². The van der Waals surface area contributed by atoms with Crippen molar-refractivity contribution in [1.29, 1.82) is 0 Å². The summed E-state index contributed by atoms with van der Waals surface area (Å²) >= 11 is 0. The van der Waals surface area contributed by atoms with Crippen molar-refractivity contribution in [2.75, 3.05) is 6.54 Å². The standard InChI is InChI=1S/C12H21N3O/c1-5-15-11(6-10(4)14-15)7-12(16)8-13-9(2)3/h6,9,13H,5,7-8H2,1-4H3. The van der Waals surface area contributed by atoms with Crippen molar-refractivity contribution in [2.24, 2.45) is 0 Å². The summed E-state index contributed by atoms with van der Waals surface area (Å²) in [5, 5.41) is 7.45. The van der Waals surface area contributed by atoms with Gasteiger partial charge in [-0.3, -0.25) is 9.48 Å². The van der Waals surface area contributed by atoms with Crippen LogP contribution in [-0.2, 0) is 17.8 Å². The van der Waals surface area contributed by atoms with Crippen LogP contribution in [-0.4, -0.2) is 28.2 Å². The molecule has 0 fully saturated rings. The summed E-state index contributed by atoms with van der Waals surface area (Å²) < 4.78 is 1.89. The van der Waals surface area contributed by atoms with Gasteiger partial charge in [0, 0.05) is 24.7 Å². The Morgan fingerprint density at radius 3 is 2.81 bits per heavy atom. The number of aromatic nitrogens is 2. The van der Waals surface area contributed by atoms with Gasteiger partial charge in [0.25, 0.3) is 0 Å². The van der Waals surface area contributed by atoms with Crippen LogP contribution in [0, 0.1) is 6.92 Å². The zero-order valence-electron chi connectivity index (χ0n) is 10.6. The van der Waals surface area contributed by atoms with Crippen LogP contribution in [0.4, 0.5) is 0 Å². The number of hydrogen-bond acceptors (Lipinski definition) is 3. The number of ketones is 1. The van der Waals surface area contributed by atoms with E-state index in [0.29, 0.717) is 19.0 Å². The molecule has 1 rings (SSSR count). The van der Waals surface area contributed by atoms with Gasteiger partial charge in [0.2, 0.25) is 0 Å². The number of carbonyl (C=O) groups is 1. The van der Waals surface area contributed by atoms with Gasteiger partial charge in [0.15, 0.2) is 5.78 Å². The Labute approximate surface area is 97.0 Å². The van der Waals surface area contributed by atoms with E-state index in [1.807, 2.05) is 38.4 Å². The Hall–Kier alpha value is -1.16. The fraction of sp³-hybridized carbons (Fsp3) is 0.667. The van der Waals surface area contributed by atoms with Crippen molar-refractivity contribution < 1.29 is 4.79 Å². The molecule has 4 nitrogen and oxygen atoms in total. The average Bonchev–Trinajstić information content (AvgIpc) is 2.55. The summed E-state index contributed by atoms with van der Waals surface area (Å²) in [7, 11) is 0. The van der Waals surface area contributed by atoms with Crippen molar-refractivity contribution in [3.8, 4) is 0 Å². The molecule has 0 aliphatic rings. The molecule has 90 valence electrons. The van der Waals surface area contributed by atoms with E-state index in [1.54, 1.807) is 0 Å². The molecule has 1 aromatic heterocycles. The molecule has 0 radical (unpaired) electrons. The van der Waals surface area contributed by atoms with Gasteiger partial charge in [-0.1, -0.05) is 13.8 Å². The van der Waals surface area contributed by atoms with Crippen molar-refractivity contribution in [2.45, 2.75) is 46.7 Å². The van der Waals surface area contributed by atoms with Gasteiger partial charge in [-0.05, 0) is 19.9 Å². The molecule has 0 aromatic carbocycles. The Morgan fingerprint density at radius 2 is 2.25 bits per heavy atom. The van der Waals surface area contributed by atoms with E-state index in [1.165, 1.54) is 0 Å². The second-order valence-corrected chi connectivity index (χ2v) is 4.34. The van der Waals surface area contributed by atoms with Crippen molar-refractivity contribution in [3.05, 3.63) is 17.5 Å². The van der Waals surface area contributed by atoms with Crippen LogP contribution in [0.5, 0.6) is 0 Å². The highest BCUT2D eigenvalue weighted by atomic mass is 16.1. The Bertz CT molecular complexity index is 355.